The highest BCUT2D eigenvalue weighted by Gasteiger charge is 2.12. The first-order valence-corrected chi connectivity index (χ1v) is 6.41. The zero-order valence-corrected chi connectivity index (χ0v) is 11.2. The third-order valence-electron chi connectivity index (χ3n) is 3.28. The van der Waals surface area contributed by atoms with Gasteiger partial charge in [-0.25, -0.2) is 4.79 Å². The van der Waals surface area contributed by atoms with Gasteiger partial charge in [-0.1, -0.05) is 26.7 Å². The number of nitrogens with zero attached hydrogens (tertiary/aromatic N) is 1. The molecular weight excluding hydrogens is 232 g/mol. The number of aromatic amines is 1. The summed E-state index contributed by atoms with van der Waals surface area (Å²) in [5.41, 5.74) is 5.22. The summed E-state index contributed by atoms with van der Waals surface area (Å²) >= 11 is 0. The van der Waals surface area contributed by atoms with Gasteiger partial charge in [-0.2, -0.15) is 0 Å². The highest BCUT2D eigenvalue weighted by Crippen LogP contribution is 2.13. The molecule has 0 aromatic carbocycles. The van der Waals surface area contributed by atoms with Crippen molar-refractivity contribution in [2.75, 3.05) is 17.6 Å². The lowest BCUT2D eigenvalue weighted by molar-refractivity contribution is 0.518. The molecule has 1 heterocycles. The van der Waals surface area contributed by atoms with E-state index in [-0.39, 0.29) is 5.82 Å². The Bertz CT molecular complexity index is 500. The molecule has 6 heteroatoms. The van der Waals surface area contributed by atoms with E-state index in [0.717, 1.165) is 12.8 Å². The number of nitrogen functional groups attached to an aromatic ring is 1. The van der Waals surface area contributed by atoms with Crippen LogP contribution in [0.15, 0.2) is 9.59 Å². The monoisotopic (exact) mass is 254 g/mol. The zero-order chi connectivity index (χ0) is 13.7. The quantitative estimate of drug-likeness (QED) is 0.705. The van der Waals surface area contributed by atoms with Crippen LogP contribution >= 0.6 is 0 Å². The average molecular weight is 254 g/mol. The summed E-state index contributed by atoms with van der Waals surface area (Å²) in [4.78, 5) is 25.5. The predicted octanol–water partition coefficient (Wildman–Crippen LogP) is 0.987. The minimum Gasteiger partial charge on any atom is -0.383 e. The van der Waals surface area contributed by atoms with E-state index in [9.17, 15) is 9.59 Å². The molecule has 1 rings (SSSR count). The van der Waals surface area contributed by atoms with Crippen LogP contribution in [-0.2, 0) is 6.54 Å². The molecule has 0 bridgehead atoms. The molecule has 0 saturated heterocycles. The lowest BCUT2D eigenvalue weighted by Gasteiger charge is -2.16. The summed E-state index contributed by atoms with van der Waals surface area (Å²) < 4.78 is 1.34. The van der Waals surface area contributed by atoms with Gasteiger partial charge in [-0.3, -0.25) is 14.3 Å². The number of nitrogens with two attached hydrogens (primary N) is 1. The molecule has 0 saturated carbocycles. The van der Waals surface area contributed by atoms with Crippen molar-refractivity contribution in [3.05, 3.63) is 20.8 Å². The van der Waals surface area contributed by atoms with Crippen molar-refractivity contribution in [3.8, 4) is 0 Å². The minimum absolute atomic E-state index is 0.206. The molecule has 0 radical (unpaired) electrons. The normalized spacial score (nSPS) is 10.9. The van der Waals surface area contributed by atoms with E-state index in [1.165, 1.54) is 4.57 Å². The van der Waals surface area contributed by atoms with Crippen LogP contribution in [-0.4, -0.2) is 16.1 Å². The van der Waals surface area contributed by atoms with Crippen molar-refractivity contribution in [2.45, 2.75) is 40.2 Å². The first kappa shape index (κ1) is 14.3. The zero-order valence-electron chi connectivity index (χ0n) is 11.2. The van der Waals surface area contributed by atoms with Gasteiger partial charge in [0.15, 0.2) is 0 Å². The molecule has 0 aliphatic heterocycles. The van der Waals surface area contributed by atoms with Crippen LogP contribution in [0.4, 0.5) is 11.5 Å². The Labute approximate surface area is 106 Å². The van der Waals surface area contributed by atoms with Crippen molar-refractivity contribution in [3.63, 3.8) is 0 Å². The van der Waals surface area contributed by atoms with Crippen LogP contribution in [0.3, 0.4) is 0 Å². The summed E-state index contributed by atoms with van der Waals surface area (Å²) in [5.74, 6) is 0.697. The second-order valence-electron chi connectivity index (χ2n) is 4.33. The van der Waals surface area contributed by atoms with E-state index in [1.54, 1.807) is 6.92 Å². The van der Waals surface area contributed by atoms with Gasteiger partial charge in [0, 0.05) is 13.1 Å². The van der Waals surface area contributed by atoms with Crippen molar-refractivity contribution in [1.82, 2.24) is 9.55 Å². The molecule has 0 unspecified atom stereocenters. The van der Waals surface area contributed by atoms with Crippen LogP contribution in [0.5, 0.6) is 0 Å². The summed E-state index contributed by atoms with van der Waals surface area (Å²) in [6, 6.07) is 0. The molecule has 4 N–H and O–H groups in total. The molecule has 6 nitrogen and oxygen atoms in total. The number of nitrogens with one attached hydrogen (secondary N) is 2. The number of rotatable bonds is 6. The molecule has 0 spiro atoms. The SMILES string of the molecule is CCC(CC)CNc1c(N)n(CC)c(=O)[nH]c1=O. The van der Waals surface area contributed by atoms with Crippen LogP contribution in [0, 0.1) is 5.92 Å². The number of H-pyrrole nitrogens is 1. The highest BCUT2D eigenvalue weighted by molar-refractivity contribution is 5.60. The maximum absolute atomic E-state index is 11.7. The standard InChI is InChI=1S/C12H22N4O2/c1-4-8(5-2)7-14-9-10(13)16(6-3)12(18)15-11(9)17/h8,14H,4-7,13H2,1-3H3,(H,15,17,18). The molecule has 102 valence electrons. The maximum Gasteiger partial charge on any atom is 0.330 e. The Balaban J connectivity index is 3.03. The Morgan fingerprint density at radius 2 is 1.89 bits per heavy atom. The number of anilines is 2. The smallest absolute Gasteiger partial charge is 0.330 e. The van der Waals surface area contributed by atoms with Gasteiger partial charge in [-0.05, 0) is 12.8 Å². The van der Waals surface area contributed by atoms with Gasteiger partial charge < -0.3 is 11.1 Å². The number of aromatic nitrogens is 2. The topological polar surface area (TPSA) is 92.9 Å². The van der Waals surface area contributed by atoms with Crippen LogP contribution in [0.1, 0.15) is 33.6 Å². The highest BCUT2D eigenvalue weighted by atomic mass is 16.2. The van der Waals surface area contributed by atoms with E-state index >= 15 is 0 Å². The van der Waals surface area contributed by atoms with Crippen LogP contribution in [0.25, 0.3) is 0 Å². The van der Waals surface area contributed by atoms with Crippen LogP contribution < -0.4 is 22.3 Å². The molecule has 0 atom stereocenters. The summed E-state index contributed by atoms with van der Waals surface area (Å²) in [7, 11) is 0. The van der Waals surface area contributed by atoms with Gasteiger partial charge in [-0.15, -0.1) is 0 Å². The Kier molecular flexibility index (Phi) is 5.00. The fraction of sp³-hybridized carbons (Fsp3) is 0.667. The molecule has 18 heavy (non-hydrogen) atoms. The van der Waals surface area contributed by atoms with Crippen molar-refractivity contribution < 1.29 is 0 Å². The lowest BCUT2D eigenvalue weighted by Crippen LogP contribution is -2.34. The first-order chi connectivity index (χ1) is 8.54. The second-order valence-corrected chi connectivity index (χ2v) is 4.33. The summed E-state index contributed by atoms with van der Waals surface area (Å²) in [6.45, 7) is 7.14. The second kappa shape index (κ2) is 6.28. The number of hydrogen-bond acceptors (Lipinski definition) is 4. The molecule has 0 amide bonds. The average Bonchev–Trinajstić information content (AvgIpc) is 2.34. The molecule has 1 aromatic heterocycles. The largest absolute Gasteiger partial charge is 0.383 e. The maximum atomic E-state index is 11.7. The van der Waals surface area contributed by atoms with E-state index in [2.05, 4.69) is 24.1 Å². The Morgan fingerprint density at radius 1 is 1.28 bits per heavy atom. The van der Waals surface area contributed by atoms with E-state index in [0.29, 0.717) is 24.7 Å². The van der Waals surface area contributed by atoms with Gasteiger partial charge >= 0.3 is 5.69 Å². The van der Waals surface area contributed by atoms with E-state index < -0.39 is 11.2 Å². The fourth-order valence-corrected chi connectivity index (χ4v) is 1.90. The summed E-state index contributed by atoms with van der Waals surface area (Å²) in [6.07, 6.45) is 2.07. The van der Waals surface area contributed by atoms with E-state index in [1.807, 2.05) is 0 Å². The molecule has 0 fully saturated rings. The third kappa shape index (κ3) is 2.94. The summed E-state index contributed by atoms with van der Waals surface area (Å²) in [5, 5.41) is 3.06. The third-order valence-corrected chi connectivity index (χ3v) is 3.28. The molecule has 0 aliphatic rings. The first-order valence-electron chi connectivity index (χ1n) is 6.41. The van der Waals surface area contributed by atoms with Gasteiger partial charge in [0.25, 0.3) is 5.56 Å². The molecule has 0 aliphatic carbocycles. The van der Waals surface area contributed by atoms with Gasteiger partial charge in [0.05, 0.1) is 0 Å². The van der Waals surface area contributed by atoms with E-state index in [4.69, 9.17) is 5.73 Å². The lowest BCUT2D eigenvalue weighted by atomic mass is 10.0. The van der Waals surface area contributed by atoms with Gasteiger partial charge in [0.2, 0.25) is 0 Å². The minimum atomic E-state index is -0.465. The predicted molar refractivity (Wildman–Crippen MR) is 74.0 cm³/mol. The van der Waals surface area contributed by atoms with Crippen molar-refractivity contribution >= 4 is 11.5 Å². The fourth-order valence-electron chi connectivity index (χ4n) is 1.90. The molecule has 1 aromatic rings. The Morgan fingerprint density at radius 3 is 2.39 bits per heavy atom. The van der Waals surface area contributed by atoms with Gasteiger partial charge in [0.1, 0.15) is 11.5 Å². The Hall–Kier alpha value is -1.72. The van der Waals surface area contributed by atoms with Crippen molar-refractivity contribution in [2.24, 2.45) is 5.92 Å². The van der Waals surface area contributed by atoms with Crippen LogP contribution in [0.2, 0.25) is 0 Å². The van der Waals surface area contributed by atoms with Crippen molar-refractivity contribution in [1.29, 1.82) is 0 Å². The number of hydrogen-bond donors (Lipinski definition) is 3. The molecular formula is C12H22N4O2.